The first-order valence-corrected chi connectivity index (χ1v) is 7.25. The molecule has 1 aliphatic heterocycles. The summed E-state index contributed by atoms with van der Waals surface area (Å²) in [7, 11) is 4.32. The van der Waals surface area contributed by atoms with Crippen LogP contribution in [0.2, 0.25) is 0 Å². The van der Waals surface area contributed by atoms with Crippen molar-refractivity contribution in [1.29, 1.82) is 0 Å². The molecule has 1 saturated heterocycles. The van der Waals surface area contributed by atoms with Gasteiger partial charge in [-0.15, -0.1) is 0 Å². The maximum absolute atomic E-state index is 3.48. The lowest BCUT2D eigenvalue weighted by molar-refractivity contribution is 0.0968. The van der Waals surface area contributed by atoms with Crippen LogP contribution >= 0.6 is 0 Å². The molecule has 1 aliphatic rings. The normalized spacial score (nSPS) is 22.7. The van der Waals surface area contributed by atoms with Gasteiger partial charge in [-0.25, -0.2) is 0 Å². The van der Waals surface area contributed by atoms with E-state index < -0.39 is 0 Å². The Morgan fingerprint density at radius 2 is 2.00 bits per heavy atom. The summed E-state index contributed by atoms with van der Waals surface area (Å²) in [5, 5.41) is 3.48. The van der Waals surface area contributed by atoms with Crippen LogP contribution in [0.15, 0.2) is 24.3 Å². The number of nitrogens with one attached hydrogen (secondary N) is 1. The summed E-state index contributed by atoms with van der Waals surface area (Å²) in [4.78, 5) is 4.93. The number of aryl methyl sites for hydroxylation is 1. The van der Waals surface area contributed by atoms with Crippen LogP contribution in [-0.2, 0) is 0 Å². The minimum absolute atomic E-state index is 0.493. The topological polar surface area (TPSA) is 18.5 Å². The quantitative estimate of drug-likeness (QED) is 0.893. The Hall–Kier alpha value is -0.900. The van der Waals surface area contributed by atoms with Crippen LogP contribution in [0.5, 0.6) is 0 Å². The minimum Gasteiger partial charge on any atom is -0.314 e. The summed E-state index contributed by atoms with van der Waals surface area (Å²) < 4.78 is 0. The van der Waals surface area contributed by atoms with Crippen LogP contribution in [0, 0.1) is 6.92 Å². The number of nitrogens with zero attached hydrogens (tertiary/aromatic N) is 2. The van der Waals surface area contributed by atoms with E-state index in [2.05, 4.69) is 67.3 Å². The van der Waals surface area contributed by atoms with Gasteiger partial charge in [0, 0.05) is 38.3 Å². The van der Waals surface area contributed by atoms with Crippen LogP contribution in [0.4, 0.5) is 0 Å². The number of hydrogen-bond acceptors (Lipinski definition) is 3. The molecule has 0 spiro atoms. The first-order chi connectivity index (χ1) is 9.08. The van der Waals surface area contributed by atoms with Crippen molar-refractivity contribution in [3.63, 3.8) is 0 Å². The zero-order chi connectivity index (χ0) is 13.8. The van der Waals surface area contributed by atoms with E-state index in [0.717, 1.165) is 26.2 Å². The van der Waals surface area contributed by atoms with Crippen LogP contribution in [-0.4, -0.2) is 56.1 Å². The lowest BCUT2D eigenvalue weighted by Crippen LogP contribution is -2.52. The summed E-state index contributed by atoms with van der Waals surface area (Å²) in [5.74, 6) is 0. The summed E-state index contributed by atoms with van der Waals surface area (Å²) in [5.41, 5.74) is 2.77. The average molecular weight is 261 g/mol. The molecule has 19 heavy (non-hydrogen) atoms. The zero-order valence-corrected chi connectivity index (χ0v) is 12.7. The van der Waals surface area contributed by atoms with Crippen molar-refractivity contribution >= 4 is 0 Å². The van der Waals surface area contributed by atoms with E-state index >= 15 is 0 Å². The highest BCUT2D eigenvalue weighted by molar-refractivity contribution is 5.25. The molecule has 3 heteroatoms. The van der Waals surface area contributed by atoms with E-state index in [9.17, 15) is 0 Å². The monoisotopic (exact) mass is 261 g/mol. The number of benzene rings is 1. The molecule has 1 N–H and O–H groups in total. The molecule has 2 unspecified atom stereocenters. The van der Waals surface area contributed by atoms with Crippen LogP contribution in [0.1, 0.15) is 24.1 Å². The average Bonchev–Trinajstić information content (AvgIpc) is 2.38. The Labute approximate surface area is 117 Å². The SMILES string of the molecule is Cc1ccc(C(CN(C)C)N2CCNCC2C)cc1. The summed E-state index contributed by atoms with van der Waals surface area (Å²) in [6.07, 6.45) is 0. The fourth-order valence-electron chi connectivity index (χ4n) is 2.86. The van der Waals surface area contributed by atoms with Gasteiger partial charge in [0.25, 0.3) is 0 Å². The van der Waals surface area contributed by atoms with Gasteiger partial charge >= 0.3 is 0 Å². The van der Waals surface area contributed by atoms with Gasteiger partial charge in [0.15, 0.2) is 0 Å². The molecule has 106 valence electrons. The number of piperazine rings is 1. The van der Waals surface area contributed by atoms with E-state index in [1.54, 1.807) is 0 Å². The van der Waals surface area contributed by atoms with Crippen molar-refractivity contribution in [2.24, 2.45) is 0 Å². The first-order valence-electron chi connectivity index (χ1n) is 7.25. The van der Waals surface area contributed by atoms with Gasteiger partial charge in [0.05, 0.1) is 0 Å². The zero-order valence-electron chi connectivity index (χ0n) is 12.7. The minimum atomic E-state index is 0.493. The Morgan fingerprint density at radius 1 is 1.32 bits per heavy atom. The summed E-state index contributed by atoms with van der Waals surface area (Å²) >= 11 is 0. The molecule has 0 radical (unpaired) electrons. The largest absolute Gasteiger partial charge is 0.314 e. The molecule has 1 fully saturated rings. The molecule has 1 aromatic carbocycles. The standard InChI is InChI=1S/C16H27N3/c1-13-5-7-15(8-6-13)16(12-18(3)4)19-10-9-17-11-14(19)2/h5-8,14,16-17H,9-12H2,1-4H3. The predicted molar refractivity (Wildman–Crippen MR) is 81.5 cm³/mol. The smallest absolute Gasteiger partial charge is 0.0478 e. The Balaban J connectivity index is 2.21. The van der Waals surface area contributed by atoms with E-state index in [0.29, 0.717) is 12.1 Å². The second kappa shape index (κ2) is 6.51. The van der Waals surface area contributed by atoms with Crippen molar-refractivity contribution in [3.8, 4) is 0 Å². The van der Waals surface area contributed by atoms with E-state index in [-0.39, 0.29) is 0 Å². The Morgan fingerprint density at radius 3 is 2.58 bits per heavy atom. The van der Waals surface area contributed by atoms with Crippen LogP contribution in [0.25, 0.3) is 0 Å². The molecule has 0 saturated carbocycles. The van der Waals surface area contributed by atoms with Gasteiger partial charge < -0.3 is 10.2 Å². The lowest BCUT2D eigenvalue weighted by Gasteiger charge is -2.41. The molecule has 0 amide bonds. The summed E-state index contributed by atoms with van der Waals surface area (Å²) in [6, 6.07) is 10.1. The first kappa shape index (κ1) is 14.5. The molecule has 0 aromatic heterocycles. The molecule has 0 aliphatic carbocycles. The fourth-order valence-corrected chi connectivity index (χ4v) is 2.86. The molecule has 2 atom stereocenters. The van der Waals surface area contributed by atoms with Crippen molar-refractivity contribution in [1.82, 2.24) is 15.1 Å². The van der Waals surface area contributed by atoms with Crippen molar-refractivity contribution in [2.45, 2.75) is 25.9 Å². The van der Waals surface area contributed by atoms with Gasteiger partial charge in [0.1, 0.15) is 0 Å². The summed E-state index contributed by atoms with van der Waals surface area (Å²) in [6.45, 7) is 8.87. The molecular formula is C16H27N3. The number of rotatable bonds is 4. The fraction of sp³-hybridized carbons (Fsp3) is 0.625. The number of hydrogen-bond donors (Lipinski definition) is 1. The highest BCUT2D eigenvalue weighted by atomic mass is 15.3. The second-order valence-corrected chi connectivity index (χ2v) is 5.98. The molecule has 1 aromatic rings. The molecular weight excluding hydrogens is 234 g/mol. The van der Waals surface area contributed by atoms with Gasteiger partial charge in [-0.05, 0) is 33.5 Å². The third-order valence-electron chi connectivity index (χ3n) is 3.95. The van der Waals surface area contributed by atoms with Gasteiger partial charge in [-0.2, -0.15) is 0 Å². The van der Waals surface area contributed by atoms with E-state index in [1.165, 1.54) is 11.1 Å². The van der Waals surface area contributed by atoms with E-state index in [4.69, 9.17) is 0 Å². The predicted octanol–water partition coefficient (Wildman–Crippen LogP) is 1.89. The third-order valence-corrected chi connectivity index (χ3v) is 3.95. The molecule has 2 rings (SSSR count). The highest BCUT2D eigenvalue weighted by Crippen LogP contribution is 2.24. The second-order valence-electron chi connectivity index (χ2n) is 5.98. The van der Waals surface area contributed by atoms with Crippen LogP contribution < -0.4 is 5.32 Å². The molecule has 3 nitrogen and oxygen atoms in total. The third kappa shape index (κ3) is 3.78. The van der Waals surface area contributed by atoms with Crippen molar-refractivity contribution in [2.75, 3.05) is 40.3 Å². The lowest BCUT2D eigenvalue weighted by atomic mass is 10.0. The van der Waals surface area contributed by atoms with Gasteiger partial charge in [0.2, 0.25) is 0 Å². The Kier molecular flexibility index (Phi) is 4.97. The molecule has 1 heterocycles. The van der Waals surface area contributed by atoms with E-state index in [1.807, 2.05) is 0 Å². The highest BCUT2D eigenvalue weighted by Gasteiger charge is 2.27. The van der Waals surface area contributed by atoms with Crippen LogP contribution in [0.3, 0.4) is 0 Å². The maximum Gasteiger partial charge on any atom is 0.0478 e. The molecule has 0 bridgehead atoms. The maximum atomic E-state index is 3.48. The Bertz CT molecular complexity index is 385. The van der Waals surface area contributed by atoms with Crippen molar-refractivity contribution < 1.29 is 0 Å². The number of likely N-dealkylation sites (N-methyl/N-ethyl adjacent to an activating group) is 1. The van der Waals surface area contributed by atoms with Gasteiger partial charge in [-0.3, -0.25) is 4.90 Å². The van der Waals surface area contributed by atoms with Gasteiger partial charge in [-0.1, -0.05) is 29.8 Å². The van der Waals surface area contributed by atoms with Crippen molar-refractivity contribution in [3.05, 3.63) is 35.4 Å².